The maximum Gasteiger partial charge on any atom is 0.326 e. The summed E-state index contributed by atoms with van der Waals surface area (Å²) in [6.07, 6.45) is -0.881. The van der Waals surface area contributed by atoms with Crippen LogP contribution in [0.1, 0.15) is 44.9 Å². The molecular formula is C21H39N11O8. The van der Waals surface area contributed by atoms with E-state index in [1.54, 1.807) is 0 Å². The van der Waals surface area contributed by atoms with Crippen molar-refractivity contribution in [3.05, 3.63) is 0 Å². The van der Waals surface area contributed by atoms with Gasteiger partial charge in [-0.3, -0.25) is 34.0 Å². The molecule has 40 heavy (non-hydrogen) atoms. The molecule has 0 saturated heterocycles. The van der Waals surface area contributed by atoms with Gasteiger partial charge in [0.1, 0.15) is 18.1 Å². The van der Waals surface area contributed by atoms with Gasteiger partial charge in [0, 0.05) is 19.5 Å². The van der Waals surface area contributed by atoms with Gasteiger partial charge in [0.15, 0.2) is 11.9 Å². The molecule has 17 N–H and O–H groups in total. The van der Waals surface area contributed by atoms with E-state index in [4.69, 9.17) is 39.5 Å². The van der Waals surface area contributed by atoms with Crippen molar-refractivity contribution in [3.8, 4) is 0 Å². The van der Waals surface area contributed by atoms with Crippen LogP contribution in [0.15, 0.2) is 9.98 Å². The number of carboxylic acid groups (broad SMARTS) is 2. The van der Waals surface area contributed by atoms with Crippen molar-refractivity contribution in [1.29, 1.82) is 0 Å². The normalized spacial score (nSPS) is 13.4. The highest BCUT2D eigenvalue weighted by Crippen LogP contribution is 2.06. The maximum atomic E-state index is 13.2. The van der Waals surface area contributed by atoms with E-state index in [-0.39, 0.29) is 63.5 Å². The molecule has 0 fully saturated rings. The van der Waals surface area contributed by atoms with Crippen molar-refractivity contribution < 1.29 is 39.0 Å². The van der Waals surface area contributed by atoms with E-state index in [0.29, 0.717) is 0 Å². The van der Waals surface area contributed by atoms with Crippen molar-refractivity contribution in [1.82, 2.24) is 16.0 Å². The number of amides is 4. The highest BCUT2D eigenvalue weighted by Gasteiger charge is 2.31. The Morgan fingerprint density at radius 1 is 0.650 bits per heavy atom. The Bertz CT molecular complexity index is 964. The molecule has 4 amide bonds. The molecular weight excluding hydrogens is 534 g/mol. The number of nitrogens with one attached hydrogen (secondary N) is 3. The van der Waals surface area contributed by atoms with E-state index < -0.39 is 66.2 Å². The van der Waals surface area contributed by atoms with Crippen LogP contribution in [0.3, 0.4) is 0 Å². The van der Waals surface area contributed by atoms with E-state index in [9.17, 15) is 33.9 Å². The van der Waals surface area contributed by atoms with Gasteiger partial charge in [0.25, 0.3) is 0 Å². The van der Waals surface area contributed by atoms with Crippen molar-refractivity contribution in [3.63, 3.8) is 0 Å². The monoisotopic (exact) mass is 573 g/mol. The van der Waals surface area contributed by atoms with Gasteiger partial charge in [-0.15, -0.1) is 0 Å². The molecule has 19 nitrogen and oxygen atoms in total. The lowest BCUT2D eigenvalue weighted by Gasteiger charge is -2.25. The van der Waals surface area contributed by atoms with E-state index >= 15 is 0 Å². The number of guanidine groups is 2. The van der Waals surface area contributed by atoms with Crippen molar-refractivity contribution >= 4 is 47.5 Å². The molecule has 0 aromatic heterocycles. The summed E-state index contributed by atoms with van der Waals surface area (Å²) in [7, 11) is 0. The summed E-state index contributed by atoms with van der Waals surface area (Å²) in [6.45, 7) is 0.167. The van der Waals surface area contributed by atoms with Crippen LogP contribution in [0.2, 0.25) is 0 Å². The first-order valence-electron chi connectivity index (χ1n) is 12.1. The predicted octanol–water partition coefficient (Wildman–Crippen LogP) is -5.30. The minimum atomic E-state index is -1.78. The first-order chi connectivity index (χ1) is 18.6. The Morgan fingerprint density at radius 2 is 1.07 bits per heavy atom. The van der Waals surface area contributed by atoms with Crippen LogP contribution in [0.4, 0.5) is 0 Å². The summed E-state index contributed by atoms with van der Waals surface area (Å²) in [5.74, 6) is -6.76. The van der Waals surface area contributed by atoms with Crippen molar-refractivity contribution in [2.45, 2.75) is 69.1 Å². The van der Waals surface area contributed by atoms with Crippen LogP contribution >= 0.6 is 0 Å². The Hall–Kier alpha value is -4.68. The van der Waals surface area contributed by atoms with E-state index in [1.165, 1.54) is 0 Å². The fraction of sp³-hybridized carbons (Fsp3) is 0.619. The lowest BCUT2D eigenvalue weighted by molar-refractivity contribution is -0.147. The second kappa shape index (κ2) is 18.6. The zero-order valence-corrected chi connectivity index (χ0v) is 21.9. The van der Waals surface area contributed by atoms with Gasteiger partial charge in [0.05, 0.1) is 12.5 Å². The molecule has 0 aliphatic carbocycles. The zero-order valence-electron chi connectivity index (χ0n) is 21.9. The molecule has 0 saturated carbocycles. The second-order valence-electron chi connectivity index (χ2n) is 8.63. The first-order valence-corrected chi connectivity index (χ1v) is 12.1. The molecule has 0 aromatic carbocycles. The highest BCUT2D eigenvalue weighted by atomic mass is 16.4. The van der Waals surface area contributed by atoms with Crippen LogP contribution in [0, 0.1) is 0 Å². The lowest BCUT2D eigenvalue weighted by Crippen LogP contribution is -2.57. The molecule has 0 aromatic rings. The number of rotatable bonds is 20. The number of primary amides is 1. The number of nitrogens with zero attached hydrogens (tertiary/aromatic N) is 2. The summed E-state index contributed by atoms with van der Waals surface area (Å²) in [4.78, 5) is 79.6. The summed E-state index contributed by atoms with van der Waals surface area (Å²) in [5, 5.41) is 25.1. The molecule has 4 atom stereocenters. The minimum Gasteiger partial charge on any atom is -0.481 e. The third kappa shape index (κ3) is 16.2. The lowest BCUT2D eigenvalue weighted by atomic mass is 10.1. The second-order valence-corrected chi connectivity index (χ2v) is 8.63. The minimum absolute atomic E-state index is 0.00397. The molecule has 0 radical (unpaired) electrons. The SMILES string of the molecule is NC(=O)CCC(N)C(=O)NC(CCCN=C(N)N)C(=O)NC(CCCN=C(N)N)C(=O)NC(CC(=O)O)C(=O)O. The van der Waals surface area contributed by atoms with Crippen LogP contribution in [-0.2, 0) is 28.8 Å². The third-order valence-corrected chi connectivity index (χ3v) is 5.19. The number of aliphatic carboxylic acids is 2. The molecule has 0 aliphatic heterocycles. The zero-order chi connectivity index (χ0) is 30.8. The molecule has 0 rings (SSSR count). The van der Waals surface area contributed by atoms with Gasteiger partial charge in [-0.1, -0.05) is 0 Å². The molecule has 19 heteroatoms. The quantitative estimate of drug-likeness (QED) is 0.0368. The number of aliphatic imine (C=N–C) groups is 2. The van der Waals surface area contributed by atoms with E-state index in [2.05, 4.69) is 25.9 Å². The summed E-state index contributed by atoms with van der Waals surface area (Å²) < 4.78 is 0. The fourth-order valence-electron chi connectivity index (χ4n) is 3.17. The number of carbonyl (C=O) groups excluding carboxylic acids is 4. The Kier molecular flexibility index (Phi) is 16.4. The number of hydrogen-bond donors (Lipinski definition) is 11. The van der Waals surface area contributed by atoms with Crippen molar-refractivity contribution in [2.75, 3.05) is 13.1 Å². The third-order valence-electron chi connectivity index (χ3n) is 5.19. The predicted molar refractivity (Wildman–Crippen MR) is 142 cm³/mol. The maximum absolute atomic E-state index is 13.2. The average Bonchev–Trinajstić information content (AvgIpc) is 2.84. The Balaban J connectivity index is 5.79. The van der Waals surface area contributed by atoms with Gasteiger partial charge in [-0.2, -0.15) is 0 Å². The largest absolute Gasteiger partial charge is 0.481 e. The van der Waals surface area contributed by atoms with Gasteiger partial charge in [0.2, 0.25) is 23.6 Å². The van der Waals surface area contributed by atoms with Gasteiger partial charge < -0.3 is 60.6 Å². The number of nitrogens with two attached hydrogens (primary N) is 6. The van der Waals surface area contributed by atoms with Gasteiger partial charge in [-0.25, -0.2) is 4.79 Å². The standard InChI is InChI=1S/C21H39N11O8/c22-10(5-6-14(23)33)16(36)30-11(3-1-7-28-20(24)25)17(37)31-12(4-2-8-29-21(26)27)18(38)32-13(19(39)40)9-15(34)35/h10-13H,1-9,22H2,(H2,23,33)(H,30,36)(H,31,37)(H,32,38)(H,34,35)(H,39,40)(H4,24,25,28)(H4,26,27,29). The van der Waals surface area contributed by atoms with E-state index in [0.717, 1.165) is 0 Å². The summed E-state index contributed by atoms with van der Waals surface area (Å²) >= 11 is 0. The molecule has 4 unspecified atom stereocenters. The fourth-order valence-corrected chi connectivity index (χ4v) is 3.17. The summed E-state index contributed by atoms with van der Waals surface area (Å²) in [6, 6.07) is -5.56. The molecule has 0 bridgehead atoms. The molecule has 226 valence electrons. The smallest absolute Gasteiger partial charge is 0.326 e. The van der Waals surface area contributed by atoms with Crippen LogP contribution in [0.25, 0.3) is 0 Å². The first kappa shape index (κ1) is 35.3. The molecule has 0 heterocycles. The van der Waals surface area contributed by atoms with Crippen LogP contribution < -0.4 is 50.4 Å². The summed E-state index contributed by atoms with van der Waals surface area (Å²) in [5.41, 5.74) is 32.0. The van der Waals surface area contributed by atoms with E-state index in [1.807, 2.05) is 0 Å². The topological polar surface area (TPSA) is 360 Å². The Labute approximate surface area is 229 Å². The van der Waals surface area contributed by atoms with Gasteiger partial charge >= 0.3 is 11.9 Å². The number of carbonyl (C=O) groups is 6. The van der Waals surface area contributed by atoms with Crippen LogP contribution in [-0.4, -0.2) is 95.0 Å². The Morgan fingerprint density at radius 3 is 1.45 bits per heavy atom. The van der Waals surface area contributed by atoms with Crippen LogP contribution in [0.5, 0.6) is 0 Å². The van der Waals surface area contributed by atoms with Gasteiger partial charge in [-0.05, 0) is 32.1 Å². The molecule has 0 spiro atoms. The average molecular weight is 574 g/mol. The highest BCUT2D eigenvalue weighted by molar-refractivity contribution is 5.94. The number of hydrogen-bond acceptors (Lipinski definition) is 9. The number of carboxylic acids is 2. The van der Waals surface area contributed by atoms with Crippen molar-refractivity contribution in [2.24, 2.45) is 44.4 Å². The molecule has 0 aliphatic rings.